The summed E-state index contributed by atoms with van der Waals surface area (Å²) in [7, 11) is 0. The van der Waals surface area contributed by atoms with Gasteiger partial charge in [0.05, 0.1) is 21.9 Å². The quantitative estimate of drug-likeness (QED) is 0.361. The number of aliphatic imine (C=N–C) groups is 1. The highest BCUT2D eigenvalue weighted by atomic mass is 16.7. The third kappa shape index (κ3) is 4.35. The number of carbonyl (C=O) groups is 1. The van der Waals surface area contributed by atoms with Crippen LogP contribution in [0.5, 0.6) is 0 Å². The Morgan fingerprint density at radius 3 is 2.31 bits per heavy atom. The van der Waals surface area contributed by atoms with E-state index in [9.17, 15) is 14.9 Å². The van der Waals surface area contributed by atoms with Crippen LogP contribution in [0.1, 0.15) is 10.4 Å². The maximum absolute atomic E-state index is 11.9. The van der Waals surface area contributed by atoms with Gasteiger partial charge in [-0.25, -0.2) is 9.79 Å². The van der Waals surface area contributed by atoms with E-state index in [1.165, 1.54) is 18.2 Å². The van der Waals surface area contributed by atoms with E-state index in [1.54, 1.807) is 24.3 Å². The molecule has 0 amide bonds. The van der Waals surface area contributed by atoms with Crippen LogP contribution in [0.3, 0.4) is 0 Å². The van der Waals surface area contributed by atoms with Crippen LogP contribution >= 0.6 is 0 Å². The molecule has 7 nitrogen and oxygen atoms in total. The summed E-state index contributed by atoms with van der Waals surface area (Å²) in [6.45, 7) is 0. The number of non-ortho nitro benzene ring substituents is 1. The molecule has 0 saturated carbocycles. The number of benzene rings is 2. The van der Waals surface area contributed by atoms with Crippen molar-refractivity contribution in [2.45, 2.75) is 0 Å². The smallest absolute Gasteiger partial charge is 0.312 e. The summed E-state index contributed by atoms with van der Waals surface area (Å²) >= 11 is 0. The molecular weight excluding hydrogens is 334 g/mol. The molecule has 128 valence electrons. The maximum Gasteiger partial charge on any atom is 0.366 e. The zero-order valence-electron chi connectivity index (χ0n) is 13.5. The van der Waals surface area contributed by atoms with E-state index in [-0.39, 0.29) is 11.3 Å². The summed E-state index contributed by atoms with van der Waals surface area (Å²) in [6, 6.07) is 14.8. The van der Waals surface area contributed by atoms with Gasteiger partial charge in [0.25, 0.3) is 5.69 Å². The number of nitro groups is 1. The molecule has 0 saturated heterocycles. The van der Waals surface area contributed by atoms with E-state index in [2.05, 4.69) is 10.1 Å². The van der Waals surface area contributed by atoms with Crippen molar-refractivity contribution in [1.29, 1.82) is 0 Å². The lowest BCUT2D eigenvalue weighted by molar-refractivity contribution is -0.384. The SMILES string of the molecule is O=C(ON=C1C=CC(=Nc2ccccc2)C=C1)c1cccc([N+](=O)[O-])c1. The molecule has 26 heavy (non-hydrogen) atoms. The highest BCUT2D eigenvalue weighted by Gasteiger charge is 2.13. The topological polar surface area (TPSA) is 94.2 Å². The zero-order valence-corrected chi connectivity index (χ0v) is 13.5. The molecular formula is C19H13N3O4. The number of para-hydroxylation sites is 1. The first-order chi connectivity index (χ1) is 12.6. The average Bonchev–Trinajstić information content (AvgIpc) is 2.68. The summed E-state index contributed by atoms with van der Waals surface area (Å²) < 4.78 is 0. The van der Waals surface area contributed by atoms with Crippen molar-refractivity contribution in [3.8, 4) is 0 Å². The Kier molecular flexibility index (Phi) is 5.09. The predicted octanol–water partition coefficient (Wildman–Crippen LogP) is 4.01. The molecule has 0 bridgehead atoms. The summed E-state index contributed by atoms with van der Waals surface area (Å²) in [4.78, 5) is 31.4. The molecule has 0 spiro atoms. The second-order valence-corrected chi connectivity index (χ2v) is 5.24. The molecule has 0 aromatic heterocycles. The number of oxime groups is 1. The number of hydrogen-bond acceptors (Lipinski definition) is 6. The molecule has 1 aliphatic rings. The molecule has 2 aromatic rings. The van der Waals surface area contributed by atoms with Crippen LogP contribution in [-0.2, 0) is 4.84 Å². The lowest BCUT2D eigenvalue weighted by atomic mass is 10.1. The minimum absolute atomic E-state index is 0.0543. The number of rotatable bonds is 4. The average molecular weight is 347 g/mol. The fourth-order valence-corrected chi connectivity index (χ4v) is 2.13. The summed E-state index contributed by atoms with van der Waals surface area (Å²) in [5.74, 6) is -0.772. The van der Waals surface area contributed by atoms with Crippen molar-refractivity contribution in [2.24, 2.45) is 10.1 Å². The first-order valence-electron chi connectivity index (χ1n) is 7.65. The van der Waals surface area contributed by atoms with Gasteiger partial charge in [-0.2, -0.15) is 0 Å². The Hall–Kier alpha value is -3.87. The summed E-state index contributed by atoms with van der Waals surface area (Å²) in [5, 5.41) is 14.5. The first-order valence-corrected chi connectivity index (χ1v) is 7.65. The summed E-state index contributed by atoms with van der Waals surface area (Å²) in [5.41, 5.74) is 1.86. The number of allylic oxidation sites excluding steroid dienone is 4. The van der Waals surface area contributed by atoms with Crippen LogP contribution < -0.4 is 0 Å². The number of carbonyl (C=O) groups excluding carboxylic acids is 1. The van der Waals surface area contributed by atoms with Gasteiger partial charge in [0, 0.05) is 12.1 Å². The second kappa shape index (κ2) is 7.80. The minimum Gasteiger partial charge on any atom is -0.312 e. The standard InChI is InChI=1S/C19H13N3O4/c23-19(14-5-4-8-18(13-14)22(24)25)26-21-17-11-9-16(10-12-17)20-15-6-2-1-3-7-15/h1-13H. The van der Waals surface area contributed by atoms with E-state index < -0.39 is 10.9 Å². The molecule has 7 heteroatoms. The van der Waals surface area contributed by atoms with Crippen molar-refractivity contribution in [2.75, 3.05) is 0 Å². The lowest BCUT2D eigenvalue weighted by Gasteiger charge is -2.03. The van der Waals surface area contributed by atoms with Crippen LogP contribution in [0, 0.1) is 10.1 Å². The zero-order chi connectivity index (χ0) is 18.4. The molecule has 0 N–H and O–H groups in total. The Morgan fingerprint density at radius 1 is 0.923 bits per heavy atom. The van der Waals surface area contributed by atoms with Gasteiger partial charge in [0.2, 0.25) is 0 Å². The molecule has 0 radical (unpaired) electrons. The number of nitro benzene ring substituents is 1. The van der Waals surface area contributed by atoms with Crippen molar-refractivity contribution < 1.29 is 14.6 Å². The maximum atomic E-state index is 11.9. The molecule has 0 heterocycles. The Labute approximate surface area is 148 Å². The van der Waals surface area contributed by atoms with Crippen molar-refractivity contribution in [1.82, 2.24) is 0 Å². The number of hydrogen-bond donors (Lipinski definition) is 0. The Bertz CT molecular complexity index is 942. The van der Waals surface area contributed by atoms with Gasteiger partial charge in [0.1, 0.15) is 5.71 Å². The van der Waals surface area contributed by atoms with Crippen molar-refractivity contribution in [3.63, 3.8) is 0 Å². The third-order valence-electron chi connectivity index (χ3n) is 3.39. The largest absolute Gasteiger partial charge is 0.366 e. The summed E-state index contributed by atoms with van der Waals surface area (Å²) in [6.07, 6.45) is 6.80. The molecule has 0 atom stereocenters. The fraction of sp³-hybridized carbons (Fsp3) is 0. The van der Waals surface area contributed by atoms with Gasteiger partial charge >= 0.3 is 5.97 Å². The van der Waals surface area contributed by atoms with E-state index in [4.69, 9.17) is 4.84 Å². The molecule has 0 aliphatic heterocycles. The Balaban J connectivity index is 1.65. The van der Waals surface area contributed by atoms with Crippen LogP contribution in [0.25, 0.3) is 0 Å². The van der Waals surface area contributed by atoms with E-state index in [1.807, 2.05) is 30.3 Å². The fourth-order valence-electron chi connectivity index (χ4n) is 2.13. The molecule has 0 fully saturated rings. The van der Waals surface area contributed by atoms with E-state index in [0.717, 1.165) is 17.5 Å². The van der Waals surface area contributed by atoms with Gasteiger partial charge in [-0.3, -0.25) is 10.1 Å². The van der Waals surface area contributed by atoms with Gasteiger partial charge in [0.15, 0.2) is 0 Å². The molecule has 2 aromatic carbocycles. The van der Waals surface area contributed by atoms with Gasteiger partial charge < -0.3 is 4.84 Å². The van der Waals surface area contributed by atoms with Crippen LogP contribution in [0.2, 0.25) is 0 Å². The van der Waals surface area contributed by atoms with Gasteiger partial charge in [-0.15, -0.1) is 0 Å². The third-order valence-corrected chi connectivity index (χ3v) is 3.39. The van der Waals surface area contributed by atoms with E-state index in [0.29, 0.717) is 5.71 Å². The van der Waals surface area contributed by atoms with Gasteiger partial charge in [-0.05, 0) is 42.5 Å². The van der Waals surface area contributed by atoms with Crippen LogP contribution in [0.15, 0.2) is 89.0 Å². The van der Waals surface area contributed by atoms with Crippen LogP contribution in [-0.4, -0.2) is 22.3 Å². The molecule has 0 unspecified atom stereocenters. The second-order valence-electron chi connectivity index (χ2n) is 5.24. The van der Waals surface area contributed by atoms with E-state index >= 15 is 0 Å². The number of nitrogens with zero attached hydrogens (tertiary/aromatic N) is 3. The van der Waals surface area contributed by atoms with Crippen molar-refractivity contribution in [3.05, 3.63) is 94.6 Å². The highest BCUT2D eigenvalue weighted by molar-refractivity contribution is 6.19. The van der Waals surface area contributed by atoms with Crippen LogP contribution in [0.4, 0.5) is 11.4 Å². The highest BCUT2D eigenvalue weighted by Crippen LogP contribution is 2.15. The lowest BCUT2D eigenvalue weighted by Crippen LogP contribution is -2.05. The normalized spacial score (nSPS) is 12.6. The molecule has 3 rings (SSSR count). The minimum atomic E-state index is -0.772. The predicted molar refractivity (Wildman–Crippen MR) is 97.8 cm³/mol. The first kappa shape index (κ1) is 17.0. The van der Waals surface area contributed by atoms with Gasteiger partial charge in [-0.1, -0.05) is 29.4 Å². The Morgan fingerprint density at radius 2 is 1.62 bits per heavy atom. The molecule has 1 aliphatic carbocycles. The van der Waals surface area contributed by atoms with Crippen molar-refractivity contribution >= 4 is 28.8 Å². The monoisotopic (exact) mass is 347 g/mol.